The number of hydrazine groups is 2. The molecule has 0 aliphatic carbocycles. The minimum atomic E-state index is -0.744. The van der Waals surface area contributed by atoms with Gasteiger partial charge in [0.25, 0.3) is 0 Å². The van der Waals surface area contributed by atoms with Crippen LogP contribution in [0.2, 0.25) is 0 Å². The number of aromatic nitrogens is 1. The highest BCUT2D eigenvalue weighted by molar-refractivity contribution is 7.81. The molecule has 0 atom stereocenters. The summed E-state index contributed by atoms with van der Waals surface area (Å²) in [5, 5.41) is 9.57. The molecule has 1 amide bonds. The van der Waals surface area contributed by atoms with Crippen molar-refractivity contribution >= 4 is 40.6 Å². The van der Waals surface area contributed by atoms with Gasteiger partial charge in [-0.1, -0.05) is 35.1 Å². The fourth-order valence-corrected chi connectivity index (χ4v) is 3.91. The highest BCUT2D eigenvalue weighted by Crippen LogP contribution is 2.25. The first kappa shape index (κ1) is 27.6. The zero-order chi connectivity index (χ0) is 27.3. The molecular weight excluding hydrogens is 494 g/mol. The van der Waals surface area contributed by atoms with E-state index < -0.39 is 17.5 Å². The summed E-state index contributed by atoms with van der Waals surface area (Å²) in [6.45, 7) is 7.08. The number of aryl methyl sites for hydroxylation is 1. The minimum absolute atomic E-state index is 0.0190. The Morgan fingerprint density at radius 3 is 2.49 bits per heavy atom. The fourth-order valence-electron chi connectivity index (χ4n) is 3.57. The number of rotatable bonds is 6. The maximum atomic E-state index is 13.4. The first-order valence-electron chi connectivity index (χ1n) is 11.4. The van der Waals surface area contributed by atoms with E-state index in [2.05, 4.69) is 15.3 Å². The van der Waals surface area contributed by atoms with Crippen LogP contribution in [0.4, 0.5) is 16.3 Å². The molecule has 12 nitrogen and oxygen atoms in total. The first-order valence-corrected chi connectivity index (χ1v) is 11.8. The molecule has 1 aromatic heterocycles. The fraction of sp³-hybridized carbons (Fsp3) is 0.333. The number of benzene rings is 1. The van der Waals surface area contributed by atoms with Gasteiger partial charge in [-0.05, 0) is 57.5 Å². The standard InChI is InChI=1S/C24H31N9O3S/c1-15-5-7-17(8-6-15)33(27)22(37)21-18(13-31(14-19(21)34)23(35)36-24(2,3)4)32(26)12-16-9-10-28-20(11-16)29-30-25/h5-11H,12-14,26-27H2,1-4H3,(H2,25,28,29). The second kappa shape index (κ2) is 11.4. The van der Waals surface area contributed by atoms with Crippen LogP contribution in [0.25, 0.3) is 0 Å². The number of carbonyl (C=O) groups is 2. The van der Waals surface area contributed by atoms with Crippen molar-refractivity contribution in [2.75, 3.05) is 18.1 Å². The Balaban J connectivity index is 1.99. The molecule has 0 unspecified atom stereocenters. The number of pyridine rings is 1. The summed E-state index contributed by atoms with van der Waals surface area (Å²) in [6, 6.07) is 10.7. The average molecular weight is 526 g/mol. The highest BCUT2D eigenvalue weighted by Gasteiger charge is 2.36. The van der Waals surface area contributed by atoms with Crippen molar-refractivity contribution in [3.05, 3.63) is 65.0 Å². The van der Waals surface area contributed by atoms with Gasteiger partial charge in [-0.15, -0.1) is 5.11 Å². The van der Waals surface area contributed by atoms with E-state index in [-0.39, 0.29) is 30.2 Å². The Bertz CT molecular complexity index is 1240. The number of carbonyl (C=O) groups excluding carboxylic acids is 2. The molecule has 13 heteroatoms. The third-order valence-corrected chi connectivity index (χ3v) is 5.71. The number of hydrogen-bond donors (Lipinski definition) is 3. The summed E-state index contributed by atoms with van der Waals surface area (Å²) >= 11 is 5.65. The first-order chi connectivity index (χ1) is 17.4. The van der Waals surface area contributed by atoms with Gasteiger partial charge in [-0.2, -0.15) is 0 Å². The van der Waals surface area contributed by atoms with Gasteiger partial charge in [0.15, 0.2) is 11.6 Å². The molecule has 1 aromatic carbocycles. The van der Waals surface area contributed by atoms with Crippen LogP contribution in [0.1, 0.15) is 31.9 Å². The molecule has 37 heavy (non-hydrogen) atoms. The molecule has 0 radical (unpaired) electrons. The lowest BCUT2D eigenvalue weighted by Gasteiger charge is -2.36. The van der Waals surface area contributed by atoms with Gasteiger partial charge in [0.05, 0.1) is 36.6 Å². The number of ether oxygens (including phenoxy) is 1. The van der Waals surface area contributed by atoms with Crippen molar-refractivity contribution in [2.45, 2.75) is 39.8 Å². The number of amides is 1. The van der Waals surface area contributed by atoms with Gasteiger partial charge in [-0.3, -0.25) is 14.7 Å². The molecule has 0 saturated heterocycles. The summed E-state index contributed by atoms with van der Waals surface area (Å²) in [5.74, 6) is 17.8. The zero-order valence-corrected chi connectivity index (χ0v) is 22.0. The van der Waals surface area contributed by atoms with Gasteiger partial charge < -0.3 is 15.6 Å². The summed E-state index contributed by atoms with van der Waals surface area (Å²) in [7, 11) is 0. The van der Waals surface area contributed by atoms with Crippen LogP contribution >= 0.6 is 12.2 Å². The normalized spacial score (nSPS) is 14.2. The molecule has 6 N–H and O–H groups in total. The van der Waals surface area contributed by atoms with E-state index in [1.54, 1.807) is 45.0 Å². The lowest BCUT2D eigenvalue weighted by Crippen LogP contribution is -2.51. The van der Waals surface area contributed by atoms with Gasteiger partial charge >= 0.3 is 6.09 Å². The van der Waals surface area contributed by atoms with Gasteiger partial charge in [0.2, 0.25) is 0 Å². The van der Waals surface area contributed by atoms with Crippen LogP contribution < -0.4 is 22.5 Å². The van der Waals surface area contributed by atoms with Crippen LogP contribution in [0, 0.1) is 6.92 Å². The largest absolute Gasteiger partial charge is 0.444 e. The Morgan fingerprint density at radius 1 is 1.19 bits per heavy atom. The Kier molecular flexibility index (Phi) is 8.53. The Labute approximate surface area is 220 Å². The number of anilines is 1. The van der Waals surface area contributed by atoms with E-state index in [4.69, 9.17) is 34.5 Å². The van der Waals surface area contributed by atoms with Crippen LogP contribution in [-0.4, -0.2) is 50.4 Å². The van der Waals surface area contributed by atoms with E-state index in [0.717, 1.165) is 5.56 Å². The molecule has 0 spiro atoms. The monoisotopic (exact) mass is 525 g/mol. The number of ketones is 1. The number of hydrogen-bond acceptors (Lipinski definition) is 10. The van der Waals surface area contributed by atoms with Crippen molar-refractivity contribution in [1.82, 2.24) is 14.9 Å². The predicted octanol–water partition coefficient (Wildman–Crippen LogP) is 2.80. The summed E-state index contributed by atoms with van der Waals surface area (Å²) < 4.78 is 5.48. The number of thiocarbonyl (C=S) groups is 1. The quantitative estimate of drug-likeness (QED) is 0.221. The van der Waals surface area contributed by atoms with Crippen molar-refractivity contribution < 1.29 is 14.3 Å². The molecule has 0 fully saturated rings. The zero-order valence-electron chi connectivity index (χ0n) is 21.2. The highest BCUT2D eigenvalue weighted by atomic mass is 32.1. The maximum absolute atomic E-state index is 13.4. The SMILES string of the molecule is Cc1ccc(N(N)C(=S)C2=C(N(N)Cc3ccnc(N=NN)c3)CN(C(=O)OC(C)(C)C)CC2=O)cc1. The summed E-state index contributed by atoms with van der Waals surface area (Å²) in [5.41, 5.74) is 2.07. The number of nitrogens with zero attached hydrogens (tertiary/aromatic N) is 6. The van der Waals surface area contributed by atoms with E-state index >= 15 is 0 Å². The maximum Gasteiger partial charge on any atom is 0.411 e. The Morgan fingerprint density at radius 2 is 1.86 bits per heavy atom. The molecule has 2 heterocycles. The number of nitrogens with two attached hydrogens (primary N) is 3. The number of Topliss-reactive ketones (excluding diaryl/α,β-unsaturated/α-hetero) is 1. The summed E-state index contributed by atoms with van der Waals surface area (Å²) in [4.78, 5) is 31.6. The van der Waals surface area contributed by atoms with Crippen molar-refractivity contribution in [3.8, 4) is 0 Å². The van der Waals surface area contributed by atoms with Crippen LogP contribution in [0.15, 0.2) is 64.2 Å². The molecule has 1 aliphatic rings. The average Bonchev–Trinajstić information content (AvgIpc) is 2.82. The van der Waals surface area contributed by atoms with Crippen molar-refractivity contribution in [3.63, 3.8) is 0 Å². The van der Waals surface area contributed by atoms with Crippen LogP contribution in [-0.2, 0) is 16.1 Å². The second-order valence-electron chi connectivity index (χ2n) is 9.46. The van der Waals surface area contributed by atoms with Crippen molar-refractivity contribution in [1.29, 1.82) is 0 Å². The lowest BCUT2D eigenvalue weighted by atomic mass is 10.0. The van der Waals surface area contributed by atoms with E-state index in [0.29, 0.717) is 22.8 Å². The topological polar surface area (TPSA) is 169 Å². The van der Waals surface area contributed by atoms with E-state index in [9.17, 15) is 9.59 Å². The lowest BCUT2D eigenvalue weighted by molar-refractivity contribution is -0.117. The minimum Gasteiger partial charge on any atom is -0.444 e. The Hall–Kier alpha value is -3.94. The van der Waals surface area contributed by atoms with Crippen LogP contribution in [0.3, 0.4) is 0 Å². The van der Waals surface area contributed by atoms with Gasteiger partial charge in [0.1, 0.15) is 10.6 Å². The van der Waals surface area contributed by atoms with Gasteiger partial charge in [-0.25, -0.2) is 21.5 Å². The molecule has 2 aromatic rings. The van der Waals surface area contributed by atoms with Crippen LogP contribution in [0.5, 0.6) is 0 Å². The van der Waals surface area contributed by atoms with Crippen molar-refractivity contribution in [2.24, 2.45) is 27.9 Å². The van der Waals surface area contributed by atoms with Gasteiger partial charge in [0, 0.05) is 6.20 Å². The summed E-state index contributed by atoms with van der Waals surface area (Å²) in [6.07, 6.45) is 0.889. The molecule has 1 aliphatic heterocycles. The predicted molar refractivity (Wildman–Crippen MR) is 143 cm³/mol. The molecule has 196 valence electrons. The van der Waals surface area contributed by atoms with E-state index in [1.165, 1.54) is 21.1 Å². The third kappa shape index (κ3) is 7.06. The molecule has 3 rings (SSSR count). The third-order valence-electron chi connectivity index (χ3n) is 5.31. The molecule has 0 bridgehead atoms. The molecule has 0 saturated carbocycles. The van der Waals surface area contributed by atoms with E-state index in [1.807, 2.05) is 19.1 Å². The second-order valence-corrected chi connectivity index (χ2v) is 9.84. The smallest absolute Gasteiger partial charge is 0.411 e. The molecular formula is C24H31N9O3S.